The molecule has 3 heteroatoms. The van der Waals surface area contributed by atoms with E-state index in [0.717, 1.165) is 30.8 Å². The van der Waals surface area contributed by atoms with Crippen LogP contribution in [0.15, 0.2) is 42.5 Å². The van der Waals surface area contributed by atoms with Crippen LogP contribution in [0.1, 0.15) is 28.5 Å². The SMILES string of the molecule is ClC(c1ccc2c(c1)CCCO2)c1ccccc1I. The second-order valence-corrected chi connectivity index (χ2v) is 6.30. The van der Waals surface area contributed by atoms with E-state index >= 15 is 0 Å². The quantitative estimate of drug-likeness (QED) is 0.526. The van der Waals surface area contributed by atoms with Crippen LogP contribution in [0.2, 0.25) is 0 Å². The molecule has 0 saturated heterocycles. The molecule has 1 atom stereocenters. The van der Waals surface area contributed by atoms with Gasteiger partial charge in [-0.2, -0.15) is 0 Å². The molecule has 0 aromatic heterocycles. The molecule has 0 amide bonds. The molecule has 0 fully saturated rings. The van der Waals surface area contributed by atoms with Gasteiger partial charge in [-0.1, -0.05) is 30.3 Å². The van der Waals surface area contributed by atoms with E-state index < -0.39 is 0 Å². The first-order valence-electron chi connectivity index (χ1n) is 6.40. The van der Waals surface area contributed by atoms with Gasteiger partial charge in [-0.05, 0) is 64.3 Å². The molecule has 1 unspecified atom stereocenters. The summed E-state index contributed by atoms with van der Waals surface area (Å²) in [6.45, 7) is 0.827. The fourth-order valence-corrected chi connectivity index (χ4v) is 3.61. The van der Waals surface area contributed by atoms with Crippen LogP contribution in [0, 0.1) is 3.57 Å². The topological polar surface area (TPSA) is 9.23 Å². The van der Waals surface area contributed by atoms with E-state index in [-0.39, 0.29) is 5.38 Å². The highest BCUT2D eigenvalue weighted by Gasteiger charge is 2.17. The number of benzene rings is 2. The Balaban J connectivity index is 1.96. The van der Waals surface area contributed by atoms with Gasteiger partial charge in [0.15, 0.2) is 0 Å². The number of halogens is 2. The van der Waals surface area contributed by atoms with Gasteiger partial charge in [-0.15, -0.1) is 11.6 Å². The van der Waals surface area contributed by atoms with Crippen molar-refractivity contribution < 1.29 is 4.74 Å². The van der Waals surface area contributed by atoms with Gasteiger partial charge in [0.25, 0.3) is 0 Å². The Morgan fingerprint density at radius 3 is 2.84 bits per heavy atom. The van der Waals surface area contributed by atoms with Crippen LogP contribution >= 0.6 is 34.2 Å². The summed E-state index contributed by atoms with van der Waals surface area (Å²) in [6.07, 6.45) is 2.17. The van der Waals surface area contributed by atoms with Crippen molar-refractivity contribution in [2.45, 2.75) is 18.2 Å². The van der Waals surface area contributed by atoms with Gasteiger partial charge in [0.2, 0.25) is 0 Å². The van der Waals surface area contributed by atoms with Gasteiger partial charge in [-0.25, -0.2) is 0 Å². The van der Waals surface area contributed by atoms with Crippen molar-refractivity contribution in [3.63, 3.8) is 0 Å². The molecule has 1 aliphatic rings. The van der Waals surface area contributed by atoms with Crippen molar-refractivity contribution in [1.29, 1.82) is 0 Å². The van der Waals surface area contributed by atoms with Crippen molar-refractivity contribution in [3.8, 4) is 5.75 Å². The van der Waals surface area contributed by atoms with Crippen LogP contribution in [-0.4, -0.2) is 6.61 Å². The number of fused-ring (bicyclic) bond motifs is 1. The minimum atomic E-state index is -0.0969. The van der Waals surface area contributed by atoms with Crippen LogP contribution in [-0.2, 0) is 6.42 Å². The molecule has 1 nitrogen and oxygen atoms in total. The van der Waals surface area contributed by atoms with Gasteiger partial charge >= 0.3 is 0 Å². The first-order chi connectivity index (χ1) is 9.25. The molecule has 2 aromatic rings. The van der Waals surface area contributed by atoms with Gasteiger partial charge in [0, 0.05) is 3.57 Å². The van der Waals surface area contributed by atoms with Crippen molar-refractivity contribution >= 4 is 34.2 Å². The number of hydrogen-bond acceptors (Lipinski definition) is 1. The normalized spacial score (nSPS) is 15.5. The second-order valence-electron chi connectivity index (χ2n) is 4.70. The Hall–Kier alpha value is -0.740. The summed E-state index contributed by atoms with van der Waals surface area (Å²) in [5.74, 6) is 1.02. The number of rotatable bonds is 2. The summed E-state index contributed by atoms with van der Waals surface area (Å²) in [6, 6.07) is 14.6. The monoisotopic (exact) mass is 384 g/mol. The van der Waals surface area contributed by atoms with Crippen LogP contribution in [0.3, 0.4) is 0 Å². The first kappa shape index (κ1) is 13.3. The van der Waals surface area contributed by atoms with E-state index in [1.165, 1.54) is 14.7 Å². The lowest BCUT2D eigenvalue weighted by Gasteiger charge is -2.19. The smallest absolute Gasteiger partial charge is 0.122 e. The molecule has 0 aliphatic carbocycles. The van der Waals surface area contributed by atoms with E-state index in [4.69, 9.17) is 16.3 Å². The fraction of sp³-hybridized carbons (Fsp3) is 0.250. The molecule has 0 spiro atoms. The molecule has 19 heavy (non-hydrogen) atoms. The standard InChI is InChI=1S/C16H14ClIO/c17-16(13-5-1-2-6-14(13)18)12-7-8-15-11(10-12)4-3-9-19-15/h1-2,5-8,10,16H,3-4,9H2. The average Bonchev–Trinajstić information content (AvgIpc) is 2.46. The maximum Gasteiger partial charge on any atom is 0.122 e. The lowest BCUT2D eigenvalue weighted by Crippen LogP contribution is -2.09. The van der Waals surface area contributed by atoms with Crippen LogP contribution in [0.25, 0.3) is 0 Å². The highest BCUT2D eigenvalue weighted by Crippen LogP contribution is 2.35. The highest BCUT2D eigenvalue weighted by molar-refractivity contribution is 14.1. The third-order valence-electron chi connectivity index (χ3n) is 3.40. The second kappa shape index (κ2) is 5.71. The minimum absolute atomic E-state index is 0.0969. The summed E-state index contributed by atoms with van der Waals surface area (Å²) in [7, 11) is 0. The number of ether oxygens (including phenoxy) is 1. The summed E-state index contributed by atoms with van der Waals surface area (Å²) in [4.78, 5) is 0. The molecule has 0 saturated carbocycles. The van der Waals surface area contributed by atoms with Crippen LogP contribution < -0.4 is 4.74 Å². The van der Waals surface area contributed by atoms with E-state index in [1.807, 2.05) is 12.1 Å². The van der Waals surface area contributed by atoms with E-state index in [9.17, 15) is 0 Å². The Kier molecular flexibility index (Phi) is 3.99. The third kappa shape index (κ3) is 2.75. The van der Waals surface area contributed by atoms with Crippen molar-refractivity contribution in [2.75, 3.05) is 6.61 Å². The maximum atomic E-state index is 6.63. The summed E-state index contributed by atoms with van der Waals surface area (Å²) in [5, 5.41) is -0.0969. The fourth-order valence-electron chi connectivity index (χ4n) is 2.40. The molecule has 0 N–H and O–H groups in total. The summed E-state index contributed by atoms with van der Waals surface area (Å²) in [5.41, 5.74) is 3.59. The first-order valence-corrected chi connectivity index (χ1v) is 7.91. The number of alkyl halides is 1. The zero-order valence-electron chi connectivity index (χ0n) is 10.4. The van der Waals surface area contributed by atoms with Crippen molar-refractivity contribution in [2.24, 2.45) is 0 Å². The van der Waals surface area contributed by atoms with Crippen LogP contribution in [0.5, 0.6) is 5.75 Å². The number of aryl methyl sites for hydroxylation is 1. The molecule has 2 aromatic carbocycles. The molecular weight excluding hydrogens is 371 g/mol. The Morgan fingerprint density at radius 2 is 2.00 bits per heavy atom. The van der Waals surface area contributed by atoms with E-state index in [0.29, 0.717) is 0 Å². The molecule has 1 heterocycles. The molecule has 0 bridgehead atoms. The Labute approximate surface area is 132 Å². The minimum Gasteiger partial charge on any atom is -0.493 e. The number of hydrogen-bond donors (Lipinski definition) is 0. The Morgan fingerprint density at radius 1 is 1.16 bits per heavy atom. The molecule has 1 aliphatic heterocycles. The lowest BCUT2D eigenvalue weighted by molar-refractivity contribution is 0.288. The summed E-state index contributed by atoms with van der Waals surface area (Å²) < 4.78 is 6.85. The maximum absolute atomic E-state index is 6.63. The molecular formula is C16H14ClIO. The average molecular weight is 385 g/mol. The predicted molar refractivity (Wildman–Crippen MR) is 87.1 cm³/mol. The van der Waals surface area contributed by atoms with E-state index in [2.05, 4.69) is 52.9 Å². The van der Waals surface area contributed by atoms with E-state index in [1.54, 1.807) is 0 Å². The zero-order valence-corrected chi connectivity index (χ0v) is 13.3. The van der Waals surface area contributed by atoms with Gasteiger partial charge in [0.1, 0.15) is 5.75 Å². The highest BCUT2D eigenvalue weighted by atomic mass is 127. The lowest BCUT2D eigenvalue weighted by atomic mass is 9.99. The molecule has 0 radical (unpaired) electrons. The zero-order chi connectivity index (χ0) is 13.2. The van der Waals surface area contributed by atoms with Gasteiger partial charge in [0.05, 0.1) is 12.0 Å². The predicted octanol–water partition coefficient (Wildman–Crippen LogP) is 4.94. The molecule has 3 rings (SSSR count). The van der Waals surface area contributed by atoms with Crippen molar-refractivity contribution in [3.05, 3.63) is 62.7 Å². The van der Waals surface area contributed by atoms with Gasteiger partial charge in [-0.3, -0.25) is 0 Å². The van der Waals surface area contributed by atoms with Crippen molar-refractivity contribution in [1.82, 2.24) is 0 Å². The largest absolute Gasteiger partial charge is 0.493 e. The summed E-state index contributed by atoms with van der Waals surface area (Å²) >= 11 is 8.97. The third-order valence-corrected chi connectivity index (χ3v) is 4.87. The van der Waals surface area contributed by atoms with Gasteiger partial charge < -0.3 is 4.74 Å². The van der Waals surface area contributed by atoms with Crippen LogP contribution in [0.4, 0.5) is 0 Å². The Bertz CT molecular complexity index is 597. The molecule has 98 valence electrons.